The van der Waals surface area contributed by atoms with Crippen LogP contribution in [0.25, 0.3) is 0 Å². The standard InChI is InChI=1S/C12H19ClN2O2/c1-12(2,17-4)11(15-14)8-5-6-9(13)10(7-8)16-3/h5-7,11,15H,14H2,1-4H3. The molecule has 0 aromatic heterocycles. The summed E-state index contributed by atoms with van der Waals surface area (Å²) < 4.78 is 10.6. The molecule has 5 heteroatoms. The molecular formula is C12H19ClN2O2. The van der Waals surface area contributed by atoms with Crippen molar-refractivity contribution in [3.8, 4) is 5.75 Å². The van der Waals surface area contributed by atoms with Gasteiger partial charge in [-0.3, -0.25) is 11.3 Å². The van der Waals surface area contributed by atoms with E-state index in [4.69, 9.17) is 26.9 Å². The van der Waals surface area contributed by atoms with Gasteiger partial charge in [0.05, 0.1) is 23.8 Å². The van der Waals surface area contributed by atoms with Crippen LogP contribution >= 0.6 is 11.6 Å². The van der Waals surface area contributed by atoms with Crippen molar-refractivity contribution in [2.45, 2.75) is 25.5 Å². The lowest BCUT2D eigenvalue weighted by Gasteiger charge is -2.33. The van der Waals surface area contributed by atoms with Crippen LogP contribution in [0.5, 0.6) is 5.75 Å². The van der Waals surface area contributed by atoms with Crippen molar-refractivity contribution >= 4 is 11.6 Å². The van der Waals surface area contributed by atoms with Gasteiger partial charge in [0, 0.05) is 7.11 Å². The van der Waals surface area contributed by atoms with Gasteiger partial charge in [-0.05, 0) is 31.5 Å². The van der Waals surface area contributed by atoms with E-state index < -0.39 is 5.60 Å². The van der Waals surface area contributed by atoms with Crippen molar-refractivity contribution in [3.05, 3.63) is 28.8 Å². The Morgan fingerprint density at radius 1 is 1.35 bits per heavy atom. The molecule has 0 aliphatic carbocycles. The van der Waals surface area contributed by atoms with Crippen LogP contribution in [-0.4, -0.2) is 19.8 Å². The molecule has 1 atom stereocenters. The average molecular weight is 259 g/mol. The summed E-state index contributed by atoms with van der Waals surface area (Å²) in [4.78, 5) is 0. The SMILES string of the molecule is COc1cc(C(NN)C(C)(C)OC)ccc1Cl. The Hall–Kier alpha value is -0.810. The number of hydrogen-bond acceptors (Lipinski definition) is 4. The maximum atomic E-state index is 5.98. The summed E-state index contributed by atoms with van der Waals surface area (Å²) in [6.07, 6.45) is 0. The van der Waals surface area contributed by atoms with E-state index in [-0.39, 0.29) is 6.04 Å². The van der Waals surface area contributed by atoms with Gasteiger partial charge in [0.1, 0.15) is 5.75 Å². The lowest BCUT2D eigenvalue weighted by Crippen LogP contribution is -2.43. The molecule has 0 spiro atoms. The predicted octanol–water partition coefficient (Wildman–Crippen LogP) is 2.28. The monoisotopic (exact) mass is 258 g/mol. The molecule has 0 amide bonds. The van der Waals surface area contributed by atoms with Gasteiger partial charge < -0.3 is 9.47 Å². The number of halogens is 1. The summed E-state index contributed by atoms with van der Waals surface area (Å²) in [5, 5.41) is 0.572. The number of nitrogens with two attached hydrogens (primary N) is 1. The minimum absolute atomic E-state index is 0.154. The number of hydrogen-bond donors (Lipinski definition) is 2. The van der Waals surface area contributed by atoms with Crippen molar-refractivity contribution in [1.29, 1.82) is 0 Å². The fourth-order valence-corrected chi connectivity index (χ4v) is 1.87. The first-order valence-electron chi connectivity index (χ1n) is 5.31. The predicted molar refractivity (Wildman–Crippen MR) is 69.2 cm³/mol. The third-order valence-corrected chi connectivity index (χ3v) is 3.21. The lowest BCUT2D eigenvalue weighted by molar-refractivity contribution is -0.0112. The number of methoxy groups -OCH3 is 2. The van der Waals surface area contributed by atoms with Crippen molar-refractivity contribution in [2.24, 2.45) is 5.84 Å². The summed E-state index contributed by atoms with van der Waals surface area (Å²) in [5.74, 6) is 6.21. The summed E-state index contributed by atoms with van der Waals surface area (Å²) in [5.41, 5.74) is 3.28. The molecule has 1 aromatic carbocycles. The largest absolute Gasteiger partial charge is 0.495 e. The third-order valence-electron chi connectivity index (χ3n) is 2.90. The number of hydrazine groups is 1. The Morgan fingerprint density at radius 2 is 2.00 bits per heavy atom. The van der Waals surface area contributed by atoms with Crippen molar-refractivity contribution in [1.82, 2.24) is 5.43 Å². The molecule has 17 heavy (non-hydrogen) atoms. The van der Waals surface area contributed by atoms with Crippen LogP contribution in [0.1, 0.15) is 25.5 Å². The summed E-state index contributed by atoms with van der Waals surface area (Å²) in [6.45, 7) is 3.91. The van der Waals surface area contributed by atoms with Gasteiger partial charge in [0.2, 0.25) is 0 Å². The molecule has 0 heterocycles. The van der Waals surface area contributed by atoms with Crippen LogP contribution in [-0.2, 0) is 4.74 Å². The van der Waals surface area contributed by atoms with Crippen LogP contribution in [0.4, 0.5) is 0 Å². The van der Waals surface area contributed by atoms with Gasteiger partial charge in [0.15, 0.2) is 0 Å². The van der Waals surface area contributed by atoms with Crippen LogP contribution in [0.3, 0.4) is 0 Å². The normalized spacial score (nSPS) is 13.5. The Bertz CT molecular complexity index is 383. The molecule has 0 saturated heterocycles. The first-order valence-corrected chi connectivity index (χ1v) is 5.68. The molecular weight excluding hydrogens is 240 g/mol. The summed E-state index contributed by atoms with van der Waals surface area (Å²) in [7, 11) is 3.23. The number of benzene rings is 1. The topological polar surface area (TPSA) is 56.5 Å². The quantitative estimate of drug-likeness (QED) is 0.628. The minimum Gasteiger partial charge on any atom is -0.495 e. The van der Waals surface area contributed by atoms with E-state index in [1.165, 1.54) is 0 Å². The Balaban J connectivity index is 3.13. The fraction of sp³-hybridized carbons (Fsp3) is 0.500. The second kappa shape index (κ2) is 5.69. The van der Waals surface area contributed by atoms with Crippen molar-refractivity contribution in [2.75, 3.05) is 14.2 Å². The first-order chi connectivity index (χ1) is 7.96. The zero-order chi connectivity index (χ0) is 13.1. The maximum Gasteiger partial charge on any atom is 0.137 e. The maximum absolute atomic E-state index is 5.98. The van der Waals surface area contributed by atoms with Crippen LogP contribution in [0.15, 0.2) is 18.2 Å². The summed E-state index contributed by atoms with van der Waals surface area (Å²) >= 11 is 5.98. The second-order valence-corrected chi connectivity index (χ2v) is 4.71. The van der Waals surface area contributed by atoms with Crippen molar-refractivity contribution < 1.29 is 9.47 Å². The number of rotatable bonds is 5. The third kappa shape index (κ3) is 3.10. The van der Waals surface area contributed by atoms with Gasteiger partial charge >= 0.3 is 0 Å². The fourth-order valence-electron chi connectivity index (χ4n) is 1.67. The zero-order valence-electron chi connectivity index (χ0n) is 10.6. The Morgan fingerprint density at radius 3 is 2.47 bits per heavy atom. The van der Waals surface area contributed by atoms with E-state index in [2.05, 4.69) is 5.43 Å². The van der Waals surface area contributed by atoms with E-state index in [1.807, 2.05) is 26.0 Å². The highest BCUT2D eigenvalue weighted by Crippen LogP contribution is 2.32. The van der Waals surface area contributed by atoms with Gasteiger partial charge in [-0.25, -0.2) is 0 Å². The Kier molecular flexibility index (Phi) is 4.77. The van der Waals surface area contributed by atoms with Gasteiger partial charge in [0.25, 0.3) is 0 Å². The Labute approximate surface area is 107 Å². The molecule has 0 bridgehead atoms. The number of nitrogens with one attached hydrogen (secondary N) is 1. The van der Waals surface area contributed by atoms with E-state index in [0.717, 1.165) is 5.56 Å². The van der Waals surface area contributed by atoms with E-state index in [0.29, 0.717) is 10.8 Å². The highest BCUT2D eigenvalue weighted by Gasteiger charge is 2.30. The molecule has 0 fully saturated rings. The molecule has 3 N–H and O–H groups in total. The lowest BCUT2D eigenvalue weighted by atomic mass is 9.92. The molecule has 0 radical (unpaired) electrons. The smallest absolute Gasteiger partial charge is 0.137 e. The molecule has 0 aliphatic rings. The molecule has 0 aliphatic heterocycles. The van der Waals surface area contributed by atoms with E-state index in [9.17, 15) is 0 Å². The molecule has 96 valence electrons. The molecule has 4 nitrogen and oxygen atoms in total. The van der Waals surface area contributed by atoms with Gasteiger partial charge in [-0.1, -0.05) is 17.7 Å². The highest BCUT2D eigenvalue weighted by atomic mass is 35.5. The second-order valence-electron chi connectivity index (χ2n) is 4.30. The first kappa shape index (κ1) is 14.3. The van der Waals surface area contributed by atoms with Crippen LogP contribution in [0, 0.1) is 0 Å². The summed E-state index contributed by atoms with van der Waals surface area (Å²) in [6, 6.07) is 5.38. The molecule has 1 aromatic rings. The minimum atomic E-state index is -0.437. The molecule has 1 unspecified atom stereocenters. The highest BCUT2D eigenvalue weighted by molar-refractivity contribution is 6.32. The van der Waals surface area contributed by atoms with Gasteiger partial charge in [-0.2, -0.15) is 0 Å². The van der Waals surface area contributed by atoms with Gasteiger partial charge in [-0.15, -0.1) is 0 Å². The zero-order valence-corrected chi connectivity index (χ0v) is 11.3. The van der Waals surface area contributed by atoms with Crippen LogP contribution < -0.4 is 16.0 Å². The molecule has 0 saturated carbocycles. The van der Waals surface area contributed by atoms with E-state index in [1.54, 1.807) is 20.3 Å². The van der Waals surface area contributed by atoms with E-state index >= 15 is 0 Å². The molecule has 1 rings (SSSR count). The van der Waals surface area contributed by atoms with Crippen molar-refractivity contribution in [3.63, 3.8) is 0 Å². The number of ether oxygens (including phenoxy) is 2. The van der Waals surface area contributed by atoms with Crippen LogP contribution in [0.2, 0.25) is 5.02 Å². The average Bonchev–Trinajstić information content (AvgIpc) is 2.31.